The maximum Gasteiger partial charge on any atom is 0.222 e. The number of hydrogen-bond acceptors (Lipinski definition) is 5. The van der Waals surface area contributed by atoms with E-state index in [4.69, 9.17) is 19.4 Å². The fraction of sp³-hybridized carbons (Fsp3) is 0.500. The van der Waals surface area contributed by atoms with Crippen LogP contribution in [0, 0.1) is 13.8 Å². The van der Waals surface area contributed by atoms with Gasteiger partial charge in [0, 0.05) is 19.0 Å². The Bertz CT molecular complexity index is 978. The van der Waals surface area contributed by atoms with Crippen molar-refractivity contribution in [2.75, 3.05) is 20.8 Å². The molecular weight excluding hydrogens is 352 g/mol. The molecule has 0 aliphatic rings. The van der Waals surface area contributed by atoms with Gasteiger partial charge in [0.25, 0.3) is 0 Å². The van der Waals surface area contributed by atoms with Crippen molar-refractivity contribution < 1.29 is 9.47 Å². The van der Waals surface area contributed by atoms with Crippen molar-refractivity contribution in [2.45, 2.75) is 53.0 Å². The van der Waals surface area contributed by atoms with Crippen LogP contribution in [0.25, 0.3) is 22.4 Å². The minimum Gasteiger partial charge on any atom is -0.480 e. The van der Waals surface area contributed by atoms with Gasteiger partial charge in [0.2, 0.25) is 5.88 Å². The van der Waals surface area contributed by atoms with E-state index in [2.05, 4.69) is 43.4 Å². The number of fused-ring (bicyclic) bond motifs is 1. The summed E-state index contributed by atoms with van der Waals surface area (Å²) in [6.45, 7) is 11.1. The van der Waals surface area contributed by atoms with Crippen LogP contribution >= 0.6 is 0 Å². The Morgan fingerprint density at radius 2 is 1.82 bits per heavy atom. The minimum absolute atomic E-state index is 0.238. The highest BCUT2D eigenvalue weighted by Crippen LogP contribution is 2.33. The molecule has 3 aromatic heterocycles. The molecule has 0 saturated heterocycles. The van der Waals surface area contributed by atoms with E-state index in [9.17, 15) is 0 Å². The fourth-order valence-electron chi connectivity index (χ4n) is 3.52. The van der Waals surface area contributed by atoms with Crippen molar-refractivity contribution in [3.05, 3.63) is 35.3 Å². The Balaban J connectivity index is 2.17. The van der Waals surface area contributed by atoms with Crippen LogP contribution in [0.2, 0.25) is 0 Å². The van der Waals surface area contributed by atoms with E-state index in [0.717, 1.165) is 45.8 Å². The van der Waals surface area contributed by atoms with E-state index in [1.807, 2.05) is 19.1 Å². The van der Waals surface area contributed by atoms with E-state index >= 15 is 0 Å². The van der Waals surface area contributed by atoms with Gasteiger partial charge >= 0.3 is 0 Å². The van der Waals surface area contributed by atoms with Gasteiger partial charge in [-0.1, -0.05) is 20.8 Å². The number of aromatic nitrogens is 4. The van der Waals surface area contributed by atoms with Gasteiger partial charge in [-0.05, 0) is 43.9 Å². The summed E-state index contributed by atoms with van der Waals surface area (Å²) in [5, 5.41) is 0. The molecule has 3 aromatic rings. The van der Waals surface area contributed by atoms with Gasteiger partial charge in [0.05, 0.1) is 36.7 Å². The molecule has 0 fully saturated rings. The molecule has 0 saturated carbocycles. The Kier molecular flexibility index (Phi) is 5.98. The standard InChI is InChI=1S/C22H30N4O2/c1-8-16(12-27-6)26-11-14(4)19-21(26)23-15(5)20(25-19)17-9-10-18(13(2)3)24-22(17)28-7/h9-11,13,16H,8,12H2,1-7H3/t16-/m0/s1. The first-order valence-corrected chi connectivity index (χ1v) is 9.81. The molecule has 3 rings (SSSR count). The van der Waals surface area contributed by atoms with Gasteiger partial charge in [-0.15, -0.1) is 0 Å². The third kappa shape index (κ3) is 3.61. The number of nitrogens with zero attached hydrogens (tertiary/aromatic N) is 4. The van der Waals surface area contributed by atoms with Crippen molar-refractivity contribution in [2.24, 2.45) is 0 Å². The third-order valence-electron chi connectivity index (χ3n) is 5.15. The maximum absolute atomic E-state index is 5.58. The summed E-state index contributed by atoms with van der Waals surface area (Å²) in [6.07, 6.45) is 3.09. The number of aryl methyl sites for hydroxylation is 2. The Labute approximate surface area is 166 Å². The number of ether oxygens (including phenoxy) is 2. The van der Waals surface area contributed by atoms with Crippen LogP contribution in [0.1, 0.15) is 56.1 Å². The maximum atomic E-state index is 5.58. The molecule has 0 radical (unpaired) electrons. The molecular formula is C22H30N4O2. The van der Waals surface area contributed by atoms with Crippen molar-refractivity contribution in [3.8, 4) is 17.1 Å². The molecule has 0 amide bonds. The highest BCUT2D eigenvalue weighted by atomic mass is 16.5. The summed E-state index contributed by atoms with van der Waals surface area (Å²) in [7, 11) is 3.38. The number of hydrogen-bond donors (Lipinski definition) is 0. The zero-order chi connectivity index (χ0) is 20.4. The average Bonchev–Trinajstić information content (AvgIpc) is 3.00. The van der Waals surface area contributed by atoms with Crippen LogP contribution in [0.5, 0.6) is 5.88 Å². The normalized spacial score (nSPS) is 12.7. The van der Waals surface area contributed by atoms with Crippen LogP contribution in [-0.2, 0) is 4.74 Å². The van der Waals surface area contributed by atoms with Crippen LogP contribution in [0.4, 0.5) is 0 Å². The Morgan fingerprint density at radius 3 is 2.43 bits per heavy atom. The number of rotatable bonds is 7. The fourth-order valence-corrected chi connectivity index (χ4v) is 3.52. The van der Waals surface area contributed by atoms with Gasteiger partial charge in [0.15, 0.2) is 5.65 Å². The zero-order valence-corrected chi connectivity index (χ0v) is 17.9. The van der Waals surface area contributed by atoms with E-state index in [1.54, 1.807) is 14.2 Å². The average molecular weight is 383 g/mol. The molecule has 150 valence electrons. The molecule has 3 heterocycles. The first-order chi connectivity index (χ1) is 13.4. The van der Waals surface area contributed by atoms with Crippen molar-refractivity contribution in [1.82, 2.24) is 19.5 Å². The smallest absolute Gasteiger partial charge is 0.222 e. The molecule has 0 N–H and O–H groups in total. The third-order valence-corrected chi connectivity index (χ3v) is 5.15. The first-order valence-electron chi connectivity index (χ1n) is 9.81. The first kappa shape index (κ1) is 20.3. The van der Waals surface area contributed by atoms with Gasteiger partial charge in [0.1, 0.15) is 5.52 Å². The minimum atomic E-state index is 0.238. The Hall–Kier alpha value is -2.47. The van der Waals surface area contributed by atoms with Crippen LogP contribution in [0.3, 0.4) is 0 Å². The lowest BCUT2D eigenvalue weighted by Crippen LogP contribution is -2.13. The van der Waals surface area contributed by atoms with Crippen molar-refractivity contribution in [1.29, 1.82) is 0 Å². The second-order valence-corrected chi connectivity index (χ2v) is 7.51. The second-order valence-electron chi connectivity index (χ2n) is 7.51. The summed E-state index contributed by atoms with van der Waals surface area (Å²) < 4.78 is 13.2. The van der Waals surface area contributed by atoms with Crippen LogP contribution in [0.15, 0.2) is 18.3 Å². The quantitative estimate of drug-likeness (QED) is 0.585. The van der Waals surface area contributed by atoms with Gasteiger partial charge in [-0.2, -0.15) is 0 Å². The monoisotopic (exact) mass is 382 g/mol. The summed E-state index contributed by atoms with van der Waals surface area (Å²) in [4.78, 5) is 14.6. The molecule has 0 unspecified atom stereocenters. The second kappa shape index (κ2) is 8.27. The molecule has 28 heavy (non-hydrogen) atoms. The van der Waals surface area contributed by atoms with Gasteiger partial charge in [-0.3, -0.25) is 0 Å². The van der Waals surface area contributed by atoms with E-state index < -0.39 is 0 Å². The van der Waals surface area contributed by atoms with Gasteiger partial charge < -0.3 is 14.0 Å². The Morgan fingerprint density at radius 1 is 1.07 bits per heavy atom. The highest BCUT2D eigenvalue weighted by molar-refractivity contribution is 5.80. The largest absolute Gasteiger partial charge is 0.480 e. The topological polar surface area (TPSA) is 62.1 Å². The lowest BCUT2D eigenvalue weighted by Gasteiger charge is -2.17. The molecule has 0 aliphatic carbocycles. The van der Waals surface area contributed by atoms with E-state index in [1.165, 1.54) is 0 Å². The van der Waals surface area contributed by atoms with Crippen molar-refractivity contribution >= 4 is 11.2 Å². The van der Waals surface area contributed by atoms with Crippen molar-refractivity contribution in [3.63, 3.8) is 0 Å². The SMILES string of the molecule is CC[C@@H](COC)n1cc(C)c2nc(-c3ccc(C(C)C)nc3OC)c(C)nc21. The van der Waals surface area contributed by atoms with E-state index in [0.29, 0.717) is 18.4 Å². The van der Waals surface area contributed by atoms with Gasteiger partial charge in [-0.25, -0.2) is 15.0 Å². The molecule has 6 nitrogen and oxygen atoms in total. The molecule has 0 aliphatic heterocycles. The van der Waals surface area contributed by atoms with Crippen LogP contribution < -0.4 is 4.74 Å². The number of pyridine rings is 1. The summed E-state index contributed by atoms with van der Waals surface area (Å²) in [6, 6.07) is 4.32. The predicted octanol–water partition coefficient (Wildman–Crippen LogP) is 4.84. The highest BCUT2D eigenvalue weighted by Gasteiger charge is 2.20. The molecule has 6 heteroatoms. The lowest BCUT2D eigenvalue weighted by molar-refractivity contribution is 0.154. The zero-order valence-electron chi connectivity index (χ0n) is 17.9. The molecule has 0 aromatic carbocycles. The summed E-state index contributed by atoms with van der Waals surface area (Å²) >= 11 is 0. The molecule has 0 spiro atoms. The molecule has 1 atom stereocenters. The predicted molar refractivity (Wildman–Crippen MR) is 112 cm³/mol. The van der Waals surface area contributed by atoms with E-state index in [-0.39, 0.29) is 6.04 Å². The number of methoxy groups -OCH3 is 2. The summed E-state index contributed by atoms with van der Waals surface area (Å²) in [5.41, 5.74) is 6.45. The molecule has 0 bridgehead atoms. The summed E-state index contributed by atoms with van der Waals surface area (Å²) in [5.74, 6) is 0.923. The lowest BCUT2D eigenvalue weighted by atomic mass is 10.1. The van der Waals surface area contributed by atoms with Crippen LogP contribution in [-0.4, -0.2) is 40.3 Å².